The molecule has 0 spiro atoms. The van der Waals surface area contributed by atoms with E-state index in [-0.39, 0.29) is 60.8 Å². The van der Waals surface area contributed by atoms with Gasteiger partial charge in [0.2, 0.25) is 6.43 Å². The van der Waals surface area contributed by atoms with Crippen LogP contribution in [0.4, 0.5) is 14.5 Å². The maximum Gasteiger partial charge on any atom is 0.264 e. The van der Waals surface area contributed by atoms with Crippen molar-refractivity contribution < 1.29 is 27.1 Å². The topological polar surface area (TPSA) is 112 Å². The molecule has 1 aliphatic rings. The first-order chi connectivity index (χ1) is 16.2. The van der Waals surface area contributed by atoms with Gasteiger partial charge < -0.3 is 10.0 Å². The molecular weight excluding hydrogens is 466 g/mol. The third kappa shape index (κ3) is 5.31. The molecule has 180 valence electrons. The van der Waals surface area contributed by atoms with E-state index in [1.54, 1.807) is 17.0 Å². The first kappa shape index (κ1) is 24.0. The summed E-state index contributed by atoms with van der Waals surface area (Å²) < 4.78 is 53.2. The van der Waals surface area contributed by atoms with Gasteiger partial charge in [0.05, 0.1) is 11.1 Å². The lowest BCUT2D eigenvalue weighted by molar-refractivity contribution is -0.0346. The highest BCUT2D eigenvalue weighted by Gasteiger charge is 2.34. The smallest absolute Gasteiger partial charge is 0.264 e. The monoisotopic (exact) mass is 490 g/mol. The first-order valence-electron chi connectivity index (χ1n) is 10.8. The van der Waals surface area contributed by atoms with E-state index < -0.39 is 22.0 Å². The van der Waals surface area contributed by atoms with Gasteiger partial charge in [0, 0.05) is 43.2 Å². The summed E-state index contributed by atoms with van der Waals surface area (Å²) in [7, 11) is -3.95. The highest BCUT2D eigenvalue weighted by Crippen LogP contribution is 2.29. The fourth-order valence-electron chi connectivity index (χ4n) is 4.01. The van der Waals surface area contributed by atoms with Gasteiger partial charge >= 0.3 is 0 Å². The fourth-order valence-corrected chi connectivity index (χ4v) is 5.24. The summed E-state index contributed by atoms with van der Waals surface area (Å²) in [6.07, 6.45) is 0.537. The minimum Gasteiger partial charge on any atom is -0.390 e. The van der Waals surface area contributed by atoms with Crippen LogP contribution in [-0.4, -0.2) is 59.4 Å². The van der Waals surface area contributed by atoms with E-state index in [0.29, 0.717) is 11.1 Å². The van der Waals surface area contributed by atoms with Gasteiger partial charge in [-0.25, -0.2) is 17.2 Å². The van der Waals surface area contributed by atoms with E-state index in [1.807, 2.05) is 0 Å². The van der Waals surface area contributed by atoms with Gasteiger partial charge in [-0.15, -0.1) is 0 Å². The minimum atomic E-state index is -3.95. The summed E-state index contributed by atoms with van der Waals surface area (Å²) in [6.45, 7) is 0.518. The molecule has 8 nitrogen and oxygen atoms in total. The number of para-hydroxylation sites is 1. The number of piperidine rings is 1. The zero-order chi connectivity index (χ0) is 24.3. The number of aliphatic hydroxyl groups is 1. The highest BCUT2D eigenvalue weighted by molar-refractivity contribution is 7.93. The molecular formula is C23H24F2N4O4S. The van der Waals surface area contributed by atoms with E-state index in [0.717, 1.165) is 0 Å². The molecule has 0 atom stereocenters. The zero-order valence-corrected chi connectivity index (χ0v) is 19.0. The molecule has 2 aromatic carbocycles. The summed E-state index contributed by atoms with van der Waals surface area (Å²) in [6, 6.07) is 10.7. The number of carbonyl (C=O) groups is 1. The van der Waals surface area contributed by atoms with Crippen molar-refractivity contribution in [3.8, 4) is 0 Å². The van der Waals surface area contributed by atoms with Crippen LogP contribution in [-0.2, 0) is 10.0 Å². The molecule has 1 saturated heterocycles. The third-order valence-corrected chi connectivity index (χ3v) is 7.36. The van der Waals surface area contributed by atoms with Gasteiger partial charge in [-0.1, -0.05) is 6.07 Å². The highest BCUT2D eigenvalue weighted by atomic mass is 32.2. The largest absolute Gasteiger partial charge is 0.390 e. The summed E-state index contributed by atoms with van der Waals surface area (Å²) in [5, 5.41) is 10.5. The Morgan fingerprint density at radius 3 is 2.44 bits per heavy atom. The van der Waals surface area contributed by atoms with E-state index in [2.05, 4.69) is 14.7 Å². The van der Waals surface area contributed by atoms with Crippen LogP contribution in [0, 0.1) is 0 Å². The molecule has 34 heavy (non-hydrogen) atoms. The standard InChI is InChI=1S/C23H24F2N4O4S/c24-20(25)8-9-23(31)10-14-29(15-11-23)22(30)16-4-6-17(7-5-16)28-34(32,33)19-3-1-2-18-21(19)27-13-12-26-18/h1-7,12-13,20,28,31H,8-11,14-15H2. The van der Waals surface area contributed by atoms with Gasteiger partial charge in [-0.05, 0) is 55.7 Å². The second-order valence-corrected chi connectivity index (χ2v) is 9.96. The number of hydrogen-bond acceptors (Lipinski definition) is 6. The number of carbonyl (C=O) groups excluding carboxylic acids is 1. The van der Waals surface area contributed by atoms with E-state index in [1.165, 1.54) is 42.7 Å². The van der Waals surface area contributed by atoms with Gasteiger partial charge in [-0.3, -0.25) is 19.5 Å². The number of fused-ring (bicyclic) bond motifs is 1. The minimum absolute atomic E-state index is 0.00379. The molecule has 1 aromatic heterocycles. The van der Waals surface area contributed by atoms with Crippen LogP contribution in [0.25, 0.3) is 11.0 Å². The average molecular weight is 491 g/mol. The van der Waals surface area contributed by atoms with Crippen molar-refractivity contribution in [2.45, 2.75) is 42.6 Å². The number of benzene rings is 2. The van der Waals surface area contributed by atoms with E-state index in [9.17, 15) is 27.1 Å². The molecule has 0 unspecified atom stereocenters. The zero-order valence-electron chi connectivity index (χ0n) is 18.2. The van der Waals surface area contributed by atoms with Crippen molar-refractivity contribution in [2.24, 2.45) is 0 Å². The normalized spacial score (nSPS) is 16.1. The van der Waals surface area contributed by atoms with Crippen LogP contribution in [0.5, 0.6) is 0 Å². The third-order valence-electron chi connectivity index (χ3n) is 5.94. The Morgan fingerprint density at radius 1 is 1.09 bits per heavy atom. The average Bonchev–Trinajstić information content (AvgIpc) is 2.83. The van der Waals surface area contributed by atoms with E-state index in [4.69, 9.17) is 0 Å². The number of sulfonamides is 1. The number of hydrogen-bond donors (Lipinski definition) is 2. The fraction of sp³-hybridized carbons (Fsp3) is 0.348. The number of rotatable bonds is 7. The summed E-state index contributed by atoms with van der Waals surface area (Å²) >= 11 is 0. The van der Waals surface area contributed by atoms with Gasteiger partial charge in [-0.2, -0.15) is 0 Å². The SMILES string of the molecule is O=C(c1ccc(NS(=O)(=O)c2cccc3nccnc23)cc1)N1CCC(O)(CCC(F)F)CC1. The number of aromatic nitrogens is 2. The maximum absolute atomic E-state index is 12.9. The second-order valence-electron chi connectivity index (χ2n) is 8.31. The van der Waals surface area contributed by atoms with Crippen molar-refractivity contribution in [1.29, 1.82) is 0 Å². The van der Waals surface area contributed by atoms with Gasteiger partial charge in [0.1, 0.15) is 10.4 Å². The predicted molar refractivity (Wildman–Crippen MR) is 122 cm³/mol. The van der Waals surface area contributed by atoms with Crippen molar-refractivity contribution in [3.63, 3.8) is 0 Å². The molecule has 1 amide bonds. The Labute approximate surface area is 195 Å². The summed E-state index contributed by atoms with van der Waals surface area (Å²) in [5.74, 6) is -0.269. The predicted octanol–water partition coefficient (Wildman–Crippen LogP) is 3.44. The van der Waals surface area contributed by atoms with Crippen molar-refractivity contribution in [1.82, 2.24) is 14.9 Å². The van der Waals surface area contributed by atoms with Crippen molar-refractivity contribution in [2.75, 3.05) is 17.8 Å². The van der Waals surface area contributed by atoms with Crippen LogP contribution in [0.1, 0.15) is 36.0 Å². The molecule has 4 rings (SSSR count). The lowest BCUT2D eigenvalue weighted by Gasteiger charge is -2.38. The number of halogens is 2. The molecule has 1 fully saturated rings. The molecule has 2 heterocycles. The molecule has 11 heteroatoms. The summed E-state index contributed by atoms with van der Waals surface area (Å²) in [4.78, 5) is 22.6. The Morgan fingerprint density at radius 2 is 1.76 bits per heavy atom. The van der Waals surface area contributed by atoms with E-state index >= 15 is 0 Å². The number of anilines is 1. The molecule has 0 bridgehead atoms. The second kappa shape index (κ2) is 9.59. The Balaban J connectivity index is 1.42. The molecule has 3 aromatic rings. The number of nitrogens with one attached hydrogen (secondary N) is 1. The molecule has 0 saturated carbocycles. The Kier molecular flexibility index (Phi) is 6.76. The Bertz CT molecular complexity index is 1270. The molecule has 0 aliphatic carbocycles. The van der Waals surface area contributed by atoms with Gasteiger partial charge in [0.15, 0.2) is 0 Å². The van der Waals surface area contributed by atoms with Crippen LogP contribution in [0.3, 0.4) is 0 Å². The molecule has 1 aliphatic heterocycles. The molecule has 0 radical (unpaired) electrons. The van der Waals surface area contributed by atoms with Gasteiger partial charge in [0.25, 0.3) is 15.9 Å². The summed E-state index contributed by atoms with van der Waals surface area (Å²) in [5.41, 5.74) is 0.160. The van der Waals surface area contributed by atoms with Crippen LogP contribution < -0.4 is 4.72 Å². The number of alkyl halides is 2. The lowest BCUT2D eigenvalue weighted by atomic mass is 9.87. The van der Waals surface area contributed by atoms with Crippen LogP contribution in [0.15, 0.2) is 59.8 Å². The van der Waals surface area contributed by atoms with Crippen LogP contribution >= 0.6 is 0 Å². The van der Waals surface area contributed by atoms with Crippen molar-refractivity contribution >= 4 is 32.7 Å². The maximum atomic E-state index is 12.9. The number of nitrogens with zero attached hydrogens (tertiary/aromatic N) is 3. The van der Waals surface area contributed by atoms with Crippen LogP contribution in [0.2, 0.25) is 0 Å². The number of amides is 1. The first-order valence-corrected chi connectivity index (χ1v) is 12.3. The number of likely N-dealkylation sites (tertiary alicyclic amines) is 1. The van der Waals surface area contributed by atoms with Crippen molar-refractivity contribution in [3.05, 3.63) is 60.4 Å². The lowest BCUT2D eigenvalue weighted by Crippen LogP contribution is -2.46. The molecule has 2 N–H and O–H groups in total. The Hall–Kier alpha value is -3.18. The quantitative estimate of drug-likeness (QED) is 0.525.